The molecule has 0 amide bonds. The van der Waals surface area contributed by atoms with Crippen molar-refractivity contribution < 1.29 is 19.7 Å². The number of thiazole rings is 1. The number of benzene rings is 2. The van der Waals surface area contributed by atoms with Crippen LogP contribution in [-0.2, 0) is 10.0 Å². The summed E-state index contributed by atoms with van der Waals surface area (Å²) in [6, 6.07) is 21.7. The third-order valence-electron chi connectivity index (χ3n) is 13.4. The topological polar surface area (TPSA) is 82.8 Å². The van der Waals surface area contributed by atoms with E-state index >= 15 is 0 Å². The van der Waals surface area contributed by atoms with Crippen LogP contribution in [0.5, 0.6) is 0 Å². The van der Waals surface area contributed by atoms with Crippen LogP contribution in [0.15, 0.2) is 72.2 Å². The molecule has 242 valence electrons. The molecule has 0 spiro atoms. The fourth-order valence-electron chi connectivity index (χ4n) is 11.1. The van der Waals surface area contributed by atoms with Crippen LogP contribution in [0, 0.1) is 34.5 Å². The first-order chi connectivity index (χ1) is 21.4. The van der Waals surface area contributed by atoms with Gasteiger partial charge in [-0.2, -0.15) is 0 Å². The van der Waals surface area contributed by atoms with Crippen molar-refractivity contribution in [2.24, 2.45) is 34.5 Å². The van der Waals surface area contributed by atoms with E-state index in [1.807, 2.05) is 5.38 Å². The minimum absolute atomic E-state index is 0.00288. The monoisotopic (exact) mass is 645 g/mol. The predicted molar refractivity (Wildman–Crippen MR) is 183 cm³/mol. The summed E-state index contributed by atoms with van der Waals surface area (Å²) in [4.78, 5) is 4.57. The molecule has 0 saturated heterocycles. The minimum atomic E-state index is -2.74. The summed E-state index contributed by atoms with van der Waals surface area (Å²) in [6.45, 7) is 11.6. The number of rotatable bonds is 5. The normalized spacial score (nSPS) is 40.0. The van der Waals surface area contributed by atoms with Gasteiger partial charge in [0.1, 0.15) is 10.6 Å². The SMILES string of the molecule is CC(C)(C)[Si](O[C@H]1CC[C@@]2(C)[C@H](C1)[C@@H](O)[C@H](O)C1[C@@H]2CC[C@@]2(C)[C@H]1CC[C@@]2(O)c1nccs1)(c1ccccc1)c1ccccc1. The highest BCUT2D eigenvalue weighted by molar-refractivity contribution is 7.09. The Balaban J connectivity index is 1.20. The Hall–Kier alpha value is -1.87. The van der Waals surface area contributed by atoms with Gasteiger partial charge in [0, 0.05) is 23.1 Å². The lowest BCUT2D eigenvalue weighted by Crippen LogP contribution is -2.69. The molecule has 1 unspecified atom stereocenters. The molecule has 5 nitrogen and oxygen atoms in total. The van der Waals surface area contributed by atoms with Crippen molar-refractivity contribution in [1.82, 2.24) is 4.98 Å². The molecule has 3 aromatic rings. The molecule has 7 heteroatoms. The average Bonchev–Trinajstić information content (AvgIpc) is 3.67. The average molecular weight is 646 g/mol. The van der Waals surface area contributed by atoms with Gasteiger partial charge in [0.25, 0.3) is 8.32 Å². The first-order valence-corrected chi connectivity index (χ1v) is 19.9. The highest BCUT2D eigenvalue weighted by Gasteiger charge is 2.69. The van der Waals surface area contributed by atoms with E-state index in [0.29, 0.717) is 12.3 Å². The maximum atomic E-state index is 12.1. The Morgan fingerprint density at radius 3 is 2.02 bits per heavy atom. The highest BCUT2D eigenvalue weighted by Crippen LogP contribution is 2.70. The summed E-state index contributed by atoms with van der Waals surface area (Å²) in [5, 5.41) is 41.4. The summed E-state index contributed by atoms with van der Waals surface area (Å²) < 4.78 is 7.59. The first-order valence-electron chi connectivity index (χ1n) is 17.1. The van der Waals surface area contributed by atoms with Crippen LogP contribution < -0.4 is 10.4 Å². The Bertz CT molecular complexity index is 1440. The van der Waals surface area contributed by atoms with Crippen molar-refractivity contribution in [3.63, 3.8) is 0 Å². The maximum absolute atomic E-state index is 12.1. The summed E-state index contributed by atoms with van der Waals surface area (Å²) in [6.07, 6.45) is 6.28. The van der Waals surface area contributed by atoms with Crippen LogP contribution in [0.1, 0.15) is 84.6 Å². The van der Waals surface area contributed by atoms with Crippen LogP contribution in [0.4, 0.5) is 0 Å². The van der Waals surface area contributed by atoms with Crippen molar-refractivity contribution in [3.8, 4) is 0 Å². The molecule has 4 aliphatic carbocycles. The summed E-state index contributed by atoms with van der Waals surface area (Å²) in [7, 11) is -2.74. The minimum Gasteiger partial charge on any atom is -0.404 e. The van der Waals surface area contributed by atoms with Gasteiger partial charge in [-0.15, -0.1) is 11.3 Å². The third kappa shape index (κ3) is 4.55. The molecular formula is C38H51NO4SSi. The Labute approximate surface area is 274 Å². The molecule has 4 fully saturated rings. The molecule has 0 bridgehead atoms. The maximum Gasteiger partial charge on any atom is 0.261 e. The molecule has 4 saturated carbocycles. The number of fused-ring (bicyclic) bond motifs is 5. The zero-order valence-corrected chi connectivity index (χ0v) is 29.3. The molecule has 45 heavy (non-hydrogen) atoms. The van der Waals surface area contributed by atoms with E-state index in [9.17, 15) is 15.3 Å². The number of hydrogen-bond donors (Lipinski definition) is 3. The van der Waals surface area contributed by atoms with Gasteiger partial charge in [-0.05, 0) is 89.4 Å². The lowest BCUT2D eigenvalue weighted by molar-refractivity contribution is -0.232. The van der Waals surface area contributed by atoms with Crippen LogP contribution in [0.3, 0.4) is 0 Å². The molecule has 10 atom stereocenters. The number of aromatic nitrogens is 1. The van der Waals surface area contributed by atoms with Gasteiger partial charge in [0.05, 0.1) is 12.2 Å². The zero-order valence-electron chi connectivity index (χ0n) is 27.5. The molecule has 0 radical (unpaired) electrons. The van der Waals surface area contributed by atoms with Gasteiger partial charge in [-0.1, -0.05) is 95.3 Å². The zero-order chi connectivity index (χ0) is 31.8. The van der Waals surface area contributed by atoms with Crippen molar-refractivity contribution in [3.05, 3.63) is 77.2 Å². The van der Waals surface area contributed by atoms with Crippen LogP contribution in [-0.4, -0.2) is 46.9 Å². The van der Waals surface area contributed by atoms with Crippen molar-refractivity contribution >= 4 is 30.0 Å². The lowest BCUT2D eigenvalue weighted by Gasteiger charge is -2.64. The van der Waals surface area contributed by atoms with E-state index in [1.54, 1.807) is 17.5 Å². The van der Waals surface area contributed by atoms with E-state index in [0.717, 1.165) is 43.5 Å². The number of aliphatic hydroxyl groups excluding tert-OH is 2. The van der Waals surface area contributed by atoms with E-state index in [1.165, 1.54) is 10.4 Å². The van der Waals surface area contributed by atoms with E-state index in [-0.39, 0.29) is 39.7 Å². The number of hydrogen-bond acceptors (Lipinski definition) is 6. The first kappa shape index (κ1) is 31.7. The molecular weight excluding hydrogens is 595 g/mol. The molecule has 1 heterocycles. The van der Waals surface area contributed by atoms with Crippen molar-refractivity contribution in [1.29, 1.82) is 0 Å². The largest absolute Gasteiger partial charge is 0.404 e. The lowest BCUT2D eigenvalue weighted by atomic mass is 9.43. The Morgan fingerprint density at radius 1 is 0.822 bits per heavy atom. The van der Waals surface area contributed by atoms with Gasteiger partial charge in [0.2, 0.25) is 0 Å². The van der Waals surface area contributed by atoms with Gasteiger partial charge in [0.15, 0.2) is 0 Å². The predicted octanol–water partition coefficient (Wildman–Crippen LogP) is 6.26. The molecule has 4 aliphatic rings. The molecule has 2 aromatic carbocycles. The van der Waals surface area contributed by atoms with Crippen LogP contribution >= 0.6 is 11.3 Å². The smallest absolute Gasteiger partial charge is 0.261 e. The number of aliphatic hydroxyl groups is 3. The summed E-state index contributed by atoms with van der Waals surface area (Å²) >= 11 is 1.54. The quantitative estimate of drug-likeness (QED) is 0.286. The Kier molecular flexibility index (Phi) is 7.82. The highest BCUT2D eigenvalue weighted by atomic mass is 32.1. The van der Waals surface area contributed by atoms with Gasteiger partial charge in [-0.25, -0.2) is 4.98 Å². The van der Waals surface area contributed by atoms with Crippen LogP contribution in [0.25, 0.3) is 0 Å². The molecule has 0 aliphatic heterocycles. The molecule has 1 aromatic heterocycles. The second kappa shape index (κ2) is 11.1. The summed E-state index contributed by atoms with van der Waals surface area (Å²) in [5.74, 6) is 0.405. The van der Waals surface area contributed by atoms with E-state index < -0.39 is 26.1 Å². The van der Waals surface area contributed by atoms with Crippen molar-refractivity contribution in [2.75, 3.05) is 0 Å². The fourth-order valence-corrected chi connectivity index (χ4v) is 16.7. The second-order valence-electron chi connectivity index (χ2n) is 16.3. The summed E-state index contributed by atoms with van der Waals surface area (Å²) in [5.41, 5.74) is -1.42. The van der Waals surface area contributed by atoms with Crippen LogP contribution in [0.2, 0.25) is 5.04 Å². The van der Waals surface area contributed by atoms with Gasteiger partial charge < -0.3 is 19.7 Å². The fraction of sp³-hybridized carbons (Fsp3) is 0.605. The third-order valence-corrected chi connectivity index (χ3v) is 19.4. The van der Waals surface area contributed by atoms with E-state index in [2.05, 4.69) is 100 Å². The van der Waals surface area contributed by atoms with E-state index in [4.69, 9.17) is 4.43 Å². The molecule has 3 N–H and O–H groups in total. The van der Waals surface area contributed by atoms with Gasteiger partial charge in [-0.3, -0.25) is 0 Å². The van der Waals surface area contributed by atoms with Crippen molar-refractivity contribution in [2.45, 2.75) is 109 Å². The van der Waals surface area contributed by atoms with Gasteiger partial charge >= 0.3 is 0 Å². The second-order valence-corrected chi connectivity index (χ2v) is 21.4. The standard InChI is InChI=1S/C38H51NO4SSi/c1-35(2,3)45(26-12-8-6-9-13-26,27-14-10-7-11-15-27)43-25-16-19-36(4)28-17-20-37(5)29(31(28)33(41)32(40)30(36)24-25)18-21-38(37,42)34-39-22-23-44-34/h6-15,22-23,25,28-33,40-42H,16-21,24H2,1-5H3/t25-,28-,29-,30+,31?,32+,33+,36+,37-,38+/m0/s1. The Morgan fingerprint density at radius 2 is 1.44 bits per heavy atom. The molecule has 7 rings (SSSR count). The number of nitrogens with zero attached hydrogens (tertiary/aromatic N) is 1.